The lowest BCUT2D eigenvalue weighted by Crippen LogP contribution is -2.00. The molecule has 0 aromatic carbocycles. The molecule has 3 aromatic rings. The van der Waals surface area contributed by atoms with Gasteiger partial charge in [-0.1, -0.05) is 6.07 Å². The fraction of sp³-hybridized carbons (Fsp3) is 0.0769. The van der Waals surface area contributed by atoms with Crippen molar-refractivity contribution in [3.05, 3.63) is 42.5 Å². The van der Waals surface area contributed by atoms with Gasteiger partial charge in [-0.3, -0.25) is 9.78 Å². The molecule has 19 heavy (non-hydrogen) atoms. The molecule has 0 saturated heterocycles. The second-order valence-corrected chi connectivity index (χ2v) is 4.05. The monoisotopic (exact) mass is 254 g/mol. The van der Waals surface area contributed by atoms with Crippen LogP contribution >= 0.6 is 0 Å². The number of aromatic amines is 1. The maximum absolute atomic E-state index is 10.9. The minimum Gasteiger partial charge on any atom is -0.481 e. The third-order valence-corrected chi connectivity index (χ3v) is 2.80. The Morgan fingerprint density at radius 1 is 1.26 bits per heavy atom. The number of rotatable bonds is 3. The summed E-state index contributed by atoms with van der Waals surface area (Å²) in [5.41, 5.74) is 2.61. The van der Waals surface area contributed by atoms with Crippen molar-refractivity contribution >= 4 is 17.0 Å². The molecule has 0 saturated carbocycles. The Kier molecular flexibility index (Phi) is 2.68. The van der Waals surface area contributed by atoms with Gasteiger partial charge >= 0.3 is 5.97 Å². The number of carboxylic acid groups (broad SMARTS) is 1. The van der Waals surface area contributed by atoms with Crippen LogP contribution in [0.15, 0.2) is 36.9 Å². The highest BCUT2D eigenvalue weighted by molar-refractivity contribution is 5.94. The van der Waals surface area contributed by atoms with Gasteiger partial charge < -0.3 is 10.1 Å². The van der Waals surface area contributed by atoms with E-state index in [9.17, 15) is 4.79 Å². The third-order valence-electron chi connectivity index (χ3n) is 2.80. The number of carbonyl (C=O) groups is 1. The number of nitrogens with one attached hydrogen (secondary N) is 1. The molecule has 0 aliphatic carbocycles. The van der Waals surface area contributed by atoms with E-state index in [-0.39, 0.29) is 6.42 Å². The maximum Gasteiger partial charge on any atom is 0.307 e. The smallest absolute Gasteiger partial charge is 0.307 e. The van der Waals surface area contributed by atoms with E-state index in [1.165, 1.54) is 6.33 Å². The van der Waals surface area contributed by atoms with Gasteiger partial charge in [-0.05, 0) is 17.7 Å². The van der Waals surface area contributed by atoms with E-state index in [0.717, 1.165) is 0 Å². The molecule has 0 bridgehead atoms. The van der Waals surface area contributed by atoms with E-state index in [1.54, 1.807) is 12.4 Å². The summed E-state index contributed by atoms with van der Waals surface area (Å²) in [5, 5.41) is 9.65. The van der Waals surface area contributed by atoms with Gasteiger partial charge in [-0.15, -0.1) is 0 Å². The zero-order valence-electron chi connectivity index (χ0n) is 9.87. The Labute approximate surface area is 108 Å². The Hall–Kier alpha value is -2.76. The number of fused-ring (bicyclic) bond motifs is 1. The van der Waals surface area contributed by atoms with Crippen LogP contribution in [0.5, 0.6) is 0 Å². The van der Waals surface area contributed by atoms with E-state index in [0.29, 0.717) is 28.0 Å². The fourth-order valence-electron chi connectivity index (χ4n) is 2.03. The highest BCUT2D eigenvalue weighted by Gasteiger charge is 2.15. The maximum atomic E-state index is 10.9. The van der Waals surface area contributed by atoms with Crippen LogP contribution in [0.3, 0.4) is 0 Å². The first-order valence-electron chi connectivity index (χ1n) is 5.70. The second-order valence-electron chi connectivity index (χ2n) is 4.05. The molecule has 0 atom stereocenters. The summed E-state index contributed by atoms with van der Waals surface area (Å²) < 4.78 is 0. The summed E-state index contributed by atoms with van der Waals surface area (Å²) in [6.45, 7) is 0. The van der Waals surface area contributed by atoms with Gasteiger partial charge in [-0.2, -0.15) is 0 Å². The average molecular weight is 254 g/mol. The molecule has 3 aromatic heterocycles. The molecule has 0 amide bonds. The van der Waals surface area contributed by atoms with Crippen LogP contribution in [0.2, 0.25) is 0 Å². The van der Waals surface area contributed by atoms with Crippen molar-refractivity contribution in [2.75, 3.05) is 0 Å². The van der Waals surface area contributed by atoms with E-state index in [1.807, 2.05) is 18.2 Å². The highest BCUT2D eigenvalue weighted by Crippen LogP contribution is 2.26. The van der Waals surface area contributed by atoms with Crippen LogP contribution in [0.4, 0.5) is 0 Å². The molecular formula is C13H10N4O2. The number of hydrogen-bond donors (Lipinski definition) is 2. The van der Waals surface area contributed by atoms with Gasteiger partial charge in [0.15, 0.2) is 0 Å². The molecule has 0 unspecified atom stereocenters. The first-order valence-corrected chi connectivity index (χ1v) is 5.70. The largest absolute Gasteiger partial charge is 0.481 e. The number of hydrogen-bond acceptors (Lipinski definition) is 4. The van der Waals surface area contributed by atoms with Crippen LogP contribution in [0.25, 0.3) is 22.4 Å². The topological polar surface area (TPSA) is 91.8 Å². The second kappa shape index (κ2) is 4.49. The van der Waals surface area contributed by atoms with Gasteiger partial charge in [0.05, 0.1) is 17.5 Å². The van der Waals surface area contributed by atoms with E-state index >= 15 is 0 Å². The summed E-state index contributed by atoms with van der Waals surface area (Å²) in [5.74, 6) is -0.892. The number of nitrogens with zero attached hydrogens (tertiary/aromatic N) is 3. The van der Waals surface area contributed by atoms with Crippen molar-refractivity contribution in [3.8, 4) is 11.4 Å². The molecule has 3 heterocycles. The molecule has 94 valence electrons. The minimum absolute atomic E-state index is 0.0762. The number of aliphatic carboxylic acids is 1. The summed E-state index contributed by atoms with van der Waals surface area (Å²) in [7, 11) is 0. The predicted octanol–water partition coefficient (Wildman–Crippen LogP) is 1.65. The molecule has 6 heteroatoms. The standard InChI is InChI=1S/C13H10N4O2/c18-10(19)5-8-6-15-13-11(8)12(16-7-17-13)9-3-1-2-4-14-9/h1-4,6-7H,5H2,(H,18,19)(H,15,16,17). The van der Waals surface area contributed by atoms with E-state index in [2.05, 4.69) is 19.9 Å². The molecule has 0 aliphatic heterocycles. The van der Waals surface area contributed by atoms with Crippen LogP contribution in [-0.4, -0.2) is 31.0 Å². The van der Waals surface area contributed by atoms with Crippen LogP contribution in [0, 0.1) is 0 Å². The Morgan fingerprint density at radius 3 is 2.89 bits per heavy atom. The Bertz CT molecular complexity index is 737. The lowest BCUT2D eigenvalue weighted by atomic mass is 10.1. The molecular weight excluding hydrogens is 244 g/mol. The molecule has 6 nitrogen and oxygen atoms in total. The number of aromatic nitrogens is 4. The summed E-state index contributed by atoms with van der Waals surface area (Å²) in [6.07, 6.45) is 4.69. The van der Waals surface area contributed by atoms with Gasteiger partial charge in [-0.25, -0.2) is 9.97 Å². The first-order chi connectivity index (χ1) is 9.25. The number of H-pyrrole nitrogens is 1. The van der Waals surface area contributed by atoms with E-state index in [4.69, 9.17) is 5.11 Å². The molecule has 0 spiro atoms. The zero-order valence-corrected chi connectivity index (χ0v) is 9.87. The predicted molar refractivity (Wildman–Crippen MR) is 68.5 cm³/mol. The van der Waals surface area contributed by atoms with Crippen molar-refractivity contribution < 1.29 is 9.90 Å². The zero-order chi connectivity index (χ0) is 13.2. The molecule has 0 fully saturated rings. The third kappa shape index (κ3) is 2.03. The summed E-state index contributed by atoms with van der Waals surface area (Å²) >= 11 is 0. The molecule has 0 radical (unpaired) electrons. The summed E-state index contributed by atoms with van der Waals surface area (Å²) in [6, 6.07) is 5.51. The average Bonchev–Trinajstić information content (AvgIpc) is 2.82. The number of pyridine rings is 1. The van der Waals surface area contributed by atoms with Crippen molar-refractivity contribution in [3.63, 3.8) is 0 Å². The van der Waals surface area contributed by atoms with Gasteiger partial charge in [0.2, 0.25) is 0 Å². The first kappa shape index (κ1) is 11.3. The molecule has 3 rings (SSSR count). The van der Waals surface area contributed by atoms with Crippen LogP contribution in [0.1, 0.15) is 5.56 Å². The summed E-state index contributed by atoms with van der Waals surface area (Å²) in [4.78, 5) is 26.4. The SMILES string of the molecule is O=C(O)Cc1c[nH]c2ncnc(-c3ccccn3)c12. The van der Waals surface area contributed by atoms with Gasteiger partial charge in [0.1, 0.15) is 17.7 Å². The molecule has 2 N–H and O–H groups in total. The van der Waals surface area contributed by atoms with Crippen molar-refractivity contribution in [1.82, 2.24) is 19.9 Å². The fourth-order valence-corrected chi connectivity index (χ4v) is 2.03. The van der Waals surface area contributed by atoms with Gasteiger partial charge in [0.25, 0.3) is 0 Å². The lowest BCUT2D eigenvalue weighted by molar-refractivity contribution is -0.136. The highest BCUT2D eigenvalue weighted by atomic mass is 16.4. The quantitative estimate of drug-likeness (QED) is 0.741. The van der Waals surface area contributed by atoms with E-state index < -0.39 is 5.97 Å². The van der Waals surface area contributed by atoms with Crippen LogP contribution in [-0.2, 0) is 11.2 Å². The van der Waals surface area contributed by atoms with Crippen molar-refractivity contribution in [2.24, 2.45) is 0 Å². The lowest BCUT2D eigenvalue weighted by Gasteiger charge is -2.02. The minimum atomic E-state index is -0.892. The van der Waals surface area contributed by atoms with Gasteiger partial charge in [0, 0.05) is 12.4 Å². The van der Waals surface area contributed by atoms with Crippen LogP contribution < -0.4 is 0 Å². The normalized spacial score (nSPS) is 10.7. The molecule has 0 aliphatic rings. The Balaban J connectivity index is 2.24. The van der Waals surface area contributed by atoms with Crippen molar-refractivity contribution in [2.45, 2.75) is 6.42 Å². The van der Waals surface area contributed by atoms with Crippen molar-refractivity contribution in [1.29, 1.82) is 0 Å². The Morgan fingerprint density at radius 2 is 2.16 bits per heavy atom. The number of carboxylic acids is 1.